The van der Waals surface area contributed by atoms with Crippen molar-refractivity contribution in [1.82, 2.24) is 5.32 Å². The Labute approximate surface area is 200 Å². The normalized spacial score (nSPS) is 21.7. The van der Waals surface area contributed by atoms with Crippen LogP contribution in [-0.4, -0.2) is 11.9 Å². The minimum Gasteiger partial charge on any atom is -0.323 e. The van der Waals surface area contributed by atoms with Gasteiger partial charge in [0.15, 0.2) is 0 Å². The molecule has 1 saturated carbocycles. The third-order valence-electron chi connectivity index (χ3n) is 7.17. The van der Waals surface area contributed by atoms with E-state index in [2.05, 4.69) is 66.9 Å². The highest BCUT2D eigenvalue weighted by molar-refractivity contribution is 7.11. The number of thiophene rings is 1. The second-order valence-electron chi connectivity index (χ2n) is 9.64. The highest BCUT2D eigenvalue weighted by atomic mass is 32.1. The summed E-state index contributed by atoms with van der Waals surface area (Å²) in [5.74, 6) is 1.29. The molecule has 0 aliphatic heterocycles. The Bertz CT molecular complexity index is 1160. The van der Waals surface area contributed by atoms with Gasteiger partial charge in [0.1, 0.15) is 0 Å². The van der Waals surface area contributed by atoms with Gasteiger partial charge in [0, 0.05) is 34.1 Å². The molecule has 1 fully saturated rings. The number of carbonyl (C=O) groups excluding carboxylic acids is 1. The van der Waals surface area contributed by atoms with E-state index in [1.54, 1.807) is 6.08 Å². The molecule has 2 bridgehead atoms. The Kier molecular flexibility index (Phi) is 6.48. The Hall–Kier alpha value is -2.69. The van der Waals surface area contributed by atoms with E-state index in [0.29, 0.717) is 17.9 Å². The Balaban J connectivity index is 1.23. The van der Waals surface area contributed by atoms with Crippen LogP contribution in [0.2, 0.25) is 0 Å². The maximum atomic E-state index is 12.5. The van der Waals surface area contributed by atoms with E-state index in [-0.39, 0.29) is 5.91 Å². The SMILES string of the molecule is Cc1ccc(/C=C/C(=O)Nc2ccc3c(c2)C[C@@H]2CCC(C3)[C@H]2NCc2ccc(C)s2)cc1. The number of hydrogen-bond donors (Lipinski definition) is 2. The van der Waals surface area contributed by atoms with Crippen molar-refractivity contribution in [2.24, 2.45) is 11.8 Å². The monoisotopic (exact) mass is 456 g/mol. The molecule has 0 radical (unpaired) electrons. The van der Waals surface area contributed by atoms with Gasteiger partial charge in [-0.3, -0.25) is 4.79 Å². The van der Waals surface area contributed by atoms with E-state index in [9.17, 15) is 4.79 Å². The number of anilines is 1. The second kappa shape index (κ2) is 9.66. The predicted octanol–water partition coefficient (Wildman–Crippen LogP) is 6.30. The average molecular weight is 457 g/mol. The fraction of sp³-hybridized carbons (Fsp3) is 0.345. The van der Waals surface area contributed by atoms with Crippen molar-refractivity contribution < 1.29 is 4.79 Å². The summed E-state index contributed by atoms with van der Waals surface area (Å²) in [7, 11) is 0. The van der Waals surface area contributed by atoms with Crippen molar-refractivity contribution in [3.8, 4) is 0 Å². The maximum absolute atomic E-state index is 12.5. The van der Waals surface area contributed by atoms with E-state index < -0.39 is 0 Å². The van der Waals surface area contributed by atoms with E-state index in [1.807, 2.05) is 29.5 Å². The van der Waals surface area contributed by atoms with Crippen LogP contribution in [0, 0.1) is 25.7 Å². The molecule has 2 aliphatic carbocycles. The highest BCUT2D eigenvalue weighted by Gasteiger charge is 2.38. The molecule has 5 rings (SSSR count). The van der Waals surface area contributed by atoms with Crippen LogP contribution in [0.4, 0.5) is 5.69 Å². The van der Waals surface area contributed by atoms with Gasteiger partial charge in [0.2, 0.25) is 5.91 Å². The molecule has 2 aromatic carbocycles. The number of carbonyl (C=O) groups is 1. The molecule has 2 aliphatic rings. The summed E-state index contributed by atoms with van der Waals surface area (Å²) in [5.41, 5.74) is 6.00. The van der Waals surface area contributed by atoms with Crippen LogP contribution in [0.1, 0.15) is 44.8 Å². The van der Waals surface area contributed by atoms with Crippen molar-refractivity contribution in [2.45, 2.75) is 52.1 Å². The van der Waals surface area contributed by atoms with Gasteiger partial charge in [-0.05, 0) is 98.4 Å². The first-order valence-corrected chi connectivity index (χ1v) is 12.8. The molecule has 33 heavy (non-hydrogen) atoms. The van der Waals surface area contributed by atoms with Crippen LogP contribution < -0.4 is 10.6 Å². The maximum Gasteiger partial charge on any atom is 0.248 e. The number of fused-ring (bicyclic) bond motifs is 3. The molecule has 3 aromatic rings. The lowest BCUT2D eigenvalue weighted by Gasteiger charge is -2.23. The molecule has 170 valence electrons. The smallest absolute Gasteiger partial charge is 0.248 e. The Morgan fingerprint density at radius 3 is 2.45 bits per heavy atom. The summed E-state index contributed by atoms with van der Waals surface area (Å²) in [6, 6.07) is 19.7. The zero-order valence-corrected chi connectivity index (χ0v) is 20.3. The van der Waals surface area contributed by atoms with Crippen LogP contribution in [0.25, 0.3) is 6.08 Å². The van der Waals surface area contributed by atoms with E-state index in [1.165, 1.54) is 39.3 Å². The Morgan fingerprint density at radius 1 is 0.970 bits per heavy atom. The molecule has 4 heteroatoms. The predicted molar refractivity (Wildman–Crippen MR) is 139 cm³/mol. The van der Waals surface area contributed by atoms with Crippen molar-refractivity contribution >= 4 is 29.0 Å². The van der Waals surface area contributed by atoms with Crippen molar-refractivity contribution in [2.75, 3.05) is 5.32 Å². The van der Waals surface area contributed by atoms with Crippen LogP contribution in [-0.2, 0) is 24.2 Å². The number of hydrogen-bond acceptors (Lipinski definition) is 3. The van der Waals surface area contributed by atoms with Gasteiger partial charge in [-0.25, -0.2) is 0 Å². The first kappa shape index (κ1) is 22.1. The standard InChI is InChI=1S/C29H32N2OS/c1-19-3-6-21(7-4-19)8-14-28(32)31-26-12-11-22-15-23-9-10-24(16-25(22)17-26)29(23)30-18-27-13-5-20(2)33-27/h3-8,11-14,17,23-24,29-30H,9-10,15-16,18H2,1-2H3,(H,31,32)/b14-8+/t23?,24-,29+/m0/s1. The van der Waals surface area contributed by atoms with Gasteiger partial charge in [-0.15, -0.1) is 11.3 Å². The molecule has 3 nitrogen and oxygen atoms in total. The summed E-state index contributed by atoms with van der Waals surface area (Å²) in [4.78, 5) is 15.3. The largest absolute Gasteiger partial charge is 0.323 e. The molecular formula is C29H32N2OS. The molecule has 1 aromatic heterocycles. The minimum atomic E-state index is -0.0866. The molecule has 0 spiro atoms. The topological polar surface area (TPSA) is 41.1 Å². The minimum absolute atomic E-state index is 0.0866. The van der Waals surface area contributed by atoms with Crippen LogP contribution >= 0.6 is 11.3 Å². The molecule has 1 unspecified atom stereocenters. The number of aryl methyl sites for hydroxylation is 2. The zero-order chi connectivity index (χ0) is 22.8. The van der Waals surface area contributed by atoms with Crippen molar-refractivity contribution in [3.63, 3.8) is 0 Å². The molecule has 0 saturated heterocycles. The van der Waals surface area contributed by atoms with E-state index in [4.69, 9.17) is 0 Å². The van der Waals surface area contributed by atoms with Crippen LogP contribution in [0.3, 0.4) is 0 Å². The van der Waals surface area contributed by atoms with Crippen LogP contribution in [0.15, 0.2) is 60.7 Å². The second-order valence-corrected chi connectivity index (χ2v) is 11.0. The third kappa shape index (κ3) is 5.29. The summed E-state index contributed by atoms with van der Waals surface area (Å²) < 4.78 is 0. The van der Waals surface area contributed by atoms with E-state index in [0.717, 1.165) is 30.6 Å². The van der Waals surface area contributed by atoms with Gasteiger partial charge >= 0.3 is 0 Å². The van der Waals surface area contributed by atoms with Crippen molar-refractivity contribution in [3.05, 3.63) is 92.7 Å². The first-order valence-electron chi connectivity index (χ1n) is 12.0. The molecule has 1 amide bonds. The third-order valence-corrected chi connectivity index (χ3v) is 8.18. The average Bonchev–Trinajstić information content (AvgIpc) is 3.34. The lowest BCUT2D eigenvalue weighted by Crippen LogP contribution is -2.37. The zero-order valence-electron chi connectivity index (χ0n) is 19.4. The van der Waals surface area contributed by atoms with Gasteiger partial charge in [-0.2, -0.15) is 0 Å². The van der Waals surface area contributed by atoms with E-state index >= 15 is 0 Å². The number of benzene rings is 2. The summed E-state index contributed by atoms with van der Waals surface area (Å²) in [6.45, 7) is 5.21. The van der Waals surface area contributed by atoms with Crippen molar-refractivity contribution in [1.29, 1.82) is 0 Å². The van der Waals surface area contributed by atoms with Gasteiger partial charge in [0.25, 0.3) is 0 Å². The highest BCUT2D eigenvalue weighted by Crippen LogP contribution is 2.41. The van der Waals surface area contributed by atoms with Crippen LogP contribution in [0.5, 0.6) is 0 Å². The summed E-state index contributed by atoms with van der Waals surface area (Å²) in [5, 5.41) is 6.96. The lowest BCUT2D eigenvalue weighted by molar-refractivity contribution is -0.111. The van der Waals surface area contributed by atoms with Gasteiger partial charge < -0.3 is 10.6 Å². The number of nitrogens with one attached hydrogen (secondary N) is 2. The molecule has 3 atom stereocenters. The lowest BCUT2D eigenvalue weighted by atomic mass is 9.93. The molecule has 2 N–H and O–H groups in total. The van der Waals surface area contributed by atoms with Gasteiger partial charge in [0.05, 0.1) is 0 Å². The summed E-state index contributed by atoms with van der Waals surface area (Å²) >= 11 is 1.89. The number of amides is 1. The quantitative estimate of drug-likeness (QED) is 0.427. The fourth-order valence-corrected chi connectivity index (χ4v) is 6.29. The summed E-state index contributed by atoms with van der Waals surface area (Å²) in [6.07, 6.45) is 8.31. The first-order chi connectivity index (χ1) is 16.0. The molecule has 1 heterocycles. The Morgan fingerprint density at radius 2 is 1.73 bits per heavy atom. The number of rotatable bonds is 6. The fourth-order valence-electron chi connectivity index (χ4n) is 5.45. The van der Waals surface area contributed by atoms with Gasteiger partial charge in [-0.1, -0.05) is 35.9 Å². The molecular weight excluding hydrogens is 424 g/mol.